The third kappa shape index (κ3) is 4.99. The summed E-state index contributed by atoms with van der Waals surface area (Å²) in [6.45, 7) is 9.18. The van der Waals surface area contributed by atoms with E-state index in [0.717, 1.165) is 0 Å². The maximum Gasteiger partial charge on any atom is 0.355 e. The first kappa shape index (κ1) is 17.0. The Labute approximate surface area is 114 Å². The molecule has 0 fully saturated rings. The molecule has 0 N–H and O–H groups in total. The van der Waals surface area contributed by atoms with Crippen molar-refractivity contribution in [1.82, 2.24) is 4.90 Å². The van der Waals surface area contributed by atoms with E-state index in [1.54, 1.807) is 33.9 Å². The molecule has 0 radical (unpaired) electrons. The standard InChI is InChI=1S/C14H21NO4/c1-6-10-11(13(16)18-8-3)12(15(5)7-2)14(17)19-9-4/h6-7,10H,2,8-9H2,1,3-5H3/b10-6+,12-11+. The van der Waals surface area contributed by atoms with E-state index in [9.17, 15) is 9.59 Å². The van der Waals surface area contributed by atoms with Gasteiger partial charge in [-0.25, -0.2) is 9.59 Å². The van der Waals surface area contributed by atoms with Crippen LogP contribution in [0.25, 0.3) is 0 Å². The largest absolute Gasteiger partial charge is 0.462 e. The smallest absolute Gasteiger partial charge is 0.355 e. The zero-order chi connectivity index (χ0) is 14.8. The van der Waals surface area contributed by atoms with Gasteiger partial charge in [-0.15, -0.1) is 0 Å². The topological polar surface area (TPSA) is 55.8 Å². The molecule has 0 heterocycles. The quantitative estimate of drug-likeness (QED) is 0.401. The van der Waals surface area contributed by atoms with Crippen molar-refractivity contribution in [3.63, 3.8) is 0 Å². The molecule has 0 unspecified atom stereocenters. The molecule has 0 aliphatic rings. The minimum Gasteiger partial charge on any atom is -0.462 e. The van der Waals surface area contributed by atoms with Crippen molar-refractivity contribution in [2.24, 2.45) is 0 Å². The Morgan fingerprint density at radius 2 is 1.68 bits per heavy atom. The van der Waals surface area contributed by atoms with E-state index < -0.39 is 11.9 Å². The monoisotopic (exact) mass is 267 g/mol. The molecule has 5 nitrogen and oxygen atoms in total. The summed E-state index contributed by atoms with van der Waals surface area (Å²) in [5, 5.41) is 0. The second-order valence-corrected chi connectivity index (χ2v) is 3.50. The molecular weight excluding hydrogens is 246 g/mol. The van der Waals surface area contributed by atoms with Crippen LogP contribution in [0, 0.1) is 0 Å². The first-order valence-electron chi connectivity index (χ1n) is 6.09. The van der Waals surface area contributed by atoms with E-state index in [4.69, 9.17) is 9.47 Å². The first-order valence-corrected chi connectivity index (χ1v) is 6.09. The molecule has 5 heteroatoms. The van der Waals surface area contributed by atoms with Gasteiger partial charge in [-0.05, 0) is 33.0 Å². The molecule has 0 aliphatic heterocycles. The van der Waals surface area contributed by atoms with Gasteiger partial charge < -0.3 is 14.4 Å². The van der Waals surface area contributed by atoms with Gasteiger partial charge in [0.15, 0.2) is 0 Å². The molecule has 0 rings (SSSR count). The third-order valence-corrected chi connectivity index (χ3v) is 2.18. The molecule has 0 aromatic rings. The summed E-state index contributed by atoms with van der Waals surface area (Å²) in [7, 11) is 1.61. The molecule has 0 bridgehead atoms. The number of likely N-dealkylation sites (N-methyl/N-ethyl adjacent to an activating group) is 1. The number of hydrogen-bond acceptors (Lipinski definition) is 5. The van der Waals surface area contributed by atoms with Gasteiger partial charge >= 0.3 is 11.9 Å². The molecule has 0 spiro atoms. The normalized spacial score (nSPS) is 11.8. The number of esters is 2. The van der Waals surface area contributed by atoms with Crippen LogP contribution in [0.1, 0.15) is 20.8 Å². The van der Waals surface area contributed by atoms with Crippen molar-refractivity contribution in [3.8, 4) is 0 Å². The number of allylic oxidation sites excluding steroid dienone is 1. The first-order chi connectivity index (χ1) is 9.03. The molecule has 0 saturated heterocycles. The summed E-state index contributed by atoms with van der Waals surface area (Å²) in [6.07, 6.45) is 4.60. The number of rotatable bonds is 7. The molecule has 0 atom stereocenters. The summed E-state index contributed by atoms with van der Waals surface area (Å²) >= 11 is 0. The SMILES string of the molecule is C=CN(C)/C(C(=O)OCC)=C(\C=C\C)C(=O)OCC. The molecule has 0 aliphatic carbocycles. The zero-order valence-electron chi connectivity index (χ0n) is 11.9. The van der Waals surface area contributed by atoms with Gasteiger partial charge in [0.1, 0.15) is 5.70 Å². The average Bonchev–Trinajstić information content (AvgIpc) is 2.38. The fraction of sp³-hybridized carbons (Fsp3) is 0.429. The fourth-order valence-corrected chi connectivity index (χ4v) is 1.35. The summed E-state index contributed by atoms with van der Waals surface area (Å²) in [5.74, 6) is -1.16. The lowest BCUT2D eigenvalue weighted by atomic mass is 10.1. The zero-order valence-corrected chi connectivity index (χ0v) is 11.9. The van der Waals surface area contributed by atoms with Crippen LogP contribution in [0.5, 0.6) is 0 Å². The second-order valence-electron chi connectivity index (χ2n) is 3.50. The Morgan fingerprint density at radius 1 is 1.16 bits per heavy atom. The van der Waals surface area contributed by atoms with Crippen LogP contribution in [-0.2, 0) is 19.1 Å². The van der Waals surface area contributed by atoms with Gasteiger partial charge in [-0.2, -0.15) is 0 Å². The predicted molar refractivity (Wildman–Crippen MR) is 73.1 cm³/mol. The number of hydrogen-bond donors (Lipinski definition) is 0. The van der Waals surface area contributed by atoms with Crippen LogP contribution < -0.4 is 0 Å². The van der Waals surface area contributed by atoms with Crippen molar-refractivity contribution < 1.29 is 19.1 Å². The molecule has 0 aromatic heterocycles. The van der Waals surface area contributed by atoms with Crippen molar-refractivity contribution in [3.05, 3.63) is 36.2 Å². The van der Waals surface area contributed by atoms with E-state index >= 15 is 0 Å². The van der Waals surface area contributed by atoms with Crippen LogP contribution in [0.3, 0.4) is 0 Å². The van der Waals surface area contributed by atoms with Gasteiger partial charge in [0.25, 0.3) is 0 Å². The summed E-state index contributed by atoms with van der Waals surface area (Å²) in [4.78, 5) is 25.3. The number of nitrogens with zero attached hydrogens (tertiary/aromatic N) is 1. The second kappa shape index (κ2) is 8.97. The predicted octanol–water partition coefficient (Wildman–Crippen LogP) is 2.02. The molecular formula is C14H21NO4. The van der Waals surface area contributed by atoms with Crippen molar-refractivity contribution in [2.75, 3.05) is 20.3 Å². The van der Waals surface area contributed by atoms with Crippen LogP contribution in [-0.4, -0.2) is 37.1 Å². The number of ether oxygens (including phenoxy) is 2. The molecule has 19 heavy (non-hydrogen) atoms. The maximum absolute atomic E-state index is 12.0. The van der Waals surface area contributed by atoms with E-state index in [1.807, 2.05) is 0 Å². The molecule has 0 saturated carbocycles. The highest BCUT2D eigenvalue weighted by Crippen LogP contribution is 2.15. The Kier molecular flexibility index (Phi) is 8.00. The lowest BCUT2D eigenvalue weighted by Gasteiger charge is -2.19. The van der Waals surface area contributed by atoms with Crippen molar-refractivity contribution in [1.29, 1.82) is 0 Å². The highest BCUT2D eigenvalue weighted by atomic mass is 16.5. The van der Waals surface area contributed by atoms with Gasteiger partial charge in [0.05, 0.1) is 18.8 Å². The van der Waals surface area contributed by atoms with Gasteiger partial charge in [0, 0.05) is 7.05 Å². The van der Waals surface area contributed by atoms with Crippen LogP contribution in [0.15, 0.2) is 36.2 Å². The average molecular weight is 267 g/mol. The van der Waals surface area contributed by atoms with E-state index in [2.05, 4.69) is 6.58 Å². The van der Waals surface area contributed by atoms with Crippen LogP contribution in [0.2, 0.25) is 0 Å². The summed E-state index contributed by atoms with van der Waals surface area (Å²) in [5.41, 5.74) is 0.249. The van der Waals surface area contributed by atoms with Crippen LogP contribution in [0.4, 0.5) is 0 Å². The molecule has 0 amide bonds. The van der Waals surface area contributed by atoms with Gasteiger partial charge in [-0.1, -0.05) is 12.7 Å². The van der Waals surface area contributed by atoms with Crippen molar-refractivity contribution in [2.45, 2.75) is 20.8 Å². The van der Waals surface area contributed by atoms with Crippen LogP contribution >= 0.6 is 0 Å². The minimum atomic E-state index is -0.592. The summed E-state index contributed by atoms with van der Waals surface area (Å²) in [6, 6.07) is 0. The maximum atomic E-state index is 12.0. The van der Waals surface area contributed by atoms with E-state index in [0.29, 0.717) is 0 Å². The Bertz CT molecular complexity index is 396. The highest BCUT2D eigenvalue weighted by Gasteiger charge is 2.23. The summed E-state index contributed by atoms with van der Waals surface area (Å²) < 4.78 is 9.90. The van der Waals surface area contributed by atoms with Gasteiger partial charge in [-0.3, -0.25) is 0 Å². The minimum absolute atomic E-state index is 0.105. The van der Waals surface area contributed by atoms with E-state index in [-0.39, 0.29) is 24.5 Å². The lowest BCUT2D eigenvalue weighted by Crippen LogP contribution is -2.25. The third-order valence-electron chi connectivity index (χ3n) is 2.18. The highest BCUT2D eigenvalue weighted by molar-refractivity contribution is 6.02. The molecule has 0 aromatic carbocycles. The van der Waals surface area contributed by atoms with Gasteiger partial charge in [0.2, 0.25) is 0 Å². The lowest BCUT2D eigenvalue weighted by molar-refractivity contribution is -0.142. The van der Waals surface area contributed by atoms with Crippen molar-refractivity contribution >= 4 is 11.9 Å². The Morgan fingerprint density at radius 3 is 2.11 bits per heavy atom. The Hall–Kier alpha value is -2.04. The van der Waals surface area contributed by atoms with E-state index in [1.165, 1.54) is 17.2 Å². The Balaban J connectivity index is 5.76. The number of carbonyl (C=O) groups is 2. The fourth-order valence-electron chi connectivity index (χ4n) is 1.35. The molecule has 106 valence electrons. The number of carbonyl (C=O) groups excluding carboxylic acids is 2.